The first-order chi connectivity index (χ1) is 13.1. The summed E-state index contributed by atoms with van der Waals surface area (Å²) in [6.07, 6.45) is 0. The maximum Gasteiger partial charge on any atom is 0.317 e. The molecule has 1 rings (SSSR count). The van der Waals surface area contributed by atoms with Crippen LogP contribution in [0, 0.1) is 0 Å². The van der Waals surface area contributed by atoms with Crippen molar-refractivity contribution < 1.29 is 4.79 Å². The Morgan fingerprint density at radius 3 is 2.04 bits per heavy atom. The summed E-state index contributed by atoms with van der Waals surface area (Å²) in [5, 5.41) is 3.11. The van der Waals surface area contributed by atoms with Crippen LogP contribution >= 0.6 is 11.8 Å². The van der Waals surface area contributed by atoms with Crippen molar-refractivity contribution in [1.82, 2.24) is 20.0 Å². The van der Waals surface area contributed by atoms with Gasteiger partial charge in [0, 0.05) is 43.4 Å². The van der Waals surface area contributed by atoms with Gasteiger partial charge in [-0.3, -0.25) is 0 Å². The highest BCUT2D eigenvalue weighted by Crippen LogP contribution is 2.16. The first-order valence-corrected chi connectivity index (χ1v) is 11.3. The molecule has 1 aromatic rings. The zero-order chi connectivity index (χ0) is 19.9. The zero-order valence-corrected chi connectivity index (χ0v) is 18.4. The van der Waals surface area contributed by atoms with E-state index in [0.29, 0.717) is 6.54 Å². The SMILES string of the molecule is CCN(CC)CCNC(=O)N(CCSc1ccccc1)CCN(CC)CC. The third-order valence-corrected chi connectivity index (χ3v) is 5.83. The lowest BCUT2D eigenvalue weighted by Gasteiger charge is -2.27. The van der Waals surface area contributed by atoms with E-state index in [2.05, 4.69) is 67.1 Å². The molecule has 154 valence electrons. The Hall–Kier alpha value is -1.24. The normalized spacial score (nSPS) is 11.2. The molecule has 0 unspecified atom stereocenters. The van der Waals surface area contributed by atoms with Gasteiger partial charge in [-0.1, -0.05) is 45.9 Å². The summed E-state index contributed by atoms with van der Waals surface area (Å²) < 4.78 is 0. The van der Waals surface area contributed by atoms with Crippen molar-refractivity contribution in [1.29, 1.82) is 0 Å². The highest BCUT2D eigenvalue weighted by atomic mass is 32.2. The standard InChI is InChI=1S/C21H38N4OS/c1-5-23(6-2)15-14-22-21(26)25(17-16-24(7-3)8-4)18-19-27-20-12-10-9-11-13-20/h9-13H,5-8,14-19H2,1-4H3,(H,22,26). The molecule has 0 aliphatic carbocycles. The Balaban J connectivity index is 2.50. The van der Waals surface area contributed by atoms with Gasteiger partial charge in [-0.25, -0.2) is 4.79 Å². The molecule has 1 N–H and O–H groups in total. The Bertz CT molecular complexity index is 492. The summed E-state index contributed by atoms with van der Waals surface area (Å²) in [6.45, 7) is 16.8. The number of likely N-dealkylation sites (N-methyl/N-ethyl adjacent to an activating group) is 2. The van der Waals surface area contributed by atoms with Crippen molar-refractivity contribution in [2.24, 2.45) is 0 Å². The predicted octanol–water partition coefficient (Wildman–Crippen LogP) is 3.47. The minimum absolute atomic E-state index is 0.0583. The van der Waals surface area contributed by atoms with Gasteiger partial charge in [0.25, 0.3) is 0 Å². The molecule has 0 radical (unpaired) electrons. The van der Waals surface area contributed by atoms with Crippen LogP contribution in [-0.4, -0.2) is 85.4 Å². The van der Waals surface area contributed by atoms with Crippen LogP contribution < -0.4 is 5.32 Å². The van der Waals surface area contributed by atoms with Gasteiger partial charge in [-0.15, -0.1) is 11.8 Å². The Morgan fingerprint density at radius 1 is 0.852 bits per heavy atom. The van der Waals surface area contributed by atoms with Gasteiger partial charge in [0.1, 0.15) is 0 Å². The third kappa shape index (κ3) is 10.0. The van der Waals surface area contributed by atoms with Gasteiger partial charge >= 0.3 is 6.03 Å². The number of carbonyl (C=O) groups is 1. The van der Waals surface area contributed by atoms with Crippen LogP contribution in [0.1, 0.15) is 27.7 Å². The minimum atomic E-state index is 0.0583. The van der Waals surface area contributed by atoms with Crippen molar-refractivity contribution in [2.45, 2.75) is 32.6 Å². The molecule has 0 bridgehead atoms. The smallest absolute Gasteiger partial charge is 0.317 e. The molecule has 0 aromatic heterocycles. The lowest BCUT2D eigenvalue weighted by Crippen LogP contribution is -2.46. The Labute approximate surface area is 170 Å². The molecular formula is C21H38N4OS. The van der Waals surface area contributed by atoms with E-state index in [9.17, 15) is 4.79 Å². The number of rotatable bonds is 14. The number of hydrogen-bond donors (Lipinski definition) is 1. The summed E-state index contributed by atoms with van der Waals surface area (Å²) in [7, 11) is 0. The van der Waals surface area contributed by atoms with Gasteiger partial charge in [-0.2, -0.15) is 0 Å². The number of carbonyl (C=O) groups excluding carboxylic acids is 1. The second-order valence-corrected chi connectivity index (χ2v) is 7.60. The van der Waals surface area contributed by atoms with Gasteiger partial charge in [0.05, 0.1) is 0 Å². The topological polar surface area (TPSA) is 38.8 Å². The number of urea groups is 1. The van der Waals surface area contributed by atoms with E-state index in [4.69, 9.17) is 0 Å². The third-order valence-electron chi connectivity index (χ3n) is 4.84. The fourth-order valence-electron chi connectivity index (χ4n) is 2.88. The molecule has 0 saturated heterocycles. The van der Waals surface area contributed by atoms with Crippen molar-refractivity contribution in [3.05, 3.63) is 30.3 Å². The van der Waals surface area contributed by atoms with E-state index in [0.717, 1.165) is 58.1 Å². The summed E-state index contributed by atoms with van der Waals surface area (Å²) >= 11 is 1.80. The van der Waals surface area contributed by atoms with E-state index in [-0.39, 0.29) is 6.03 Å². The first kappa shape index (κ1) is 23.8. The summed E-state index contributed by atoms with van der Waals surface area (Å²) in [5.74, 6) is 0.908. The van der Waals surface area contributed by atoms with Crippen LogP contribution in [0.15, 0.2) is 35.2 Å². The highest BCUT2D eigenvalue weighted by molar-refractivity contribution is 7.99. The van der Waals surface area contributed by atoms with Crippen molar-refractivity contribution in [2.75, 3.05) is 64.7 Å². The zero-order valence-electron chi connectivity index (χ0n) is 17.6. The number of nitrogens with zero attached hydrogens (tertiary/aromatic N) is 3. The second-order valence-electron chi connectivity index (χ2n) is 6.43. The van der Waals surface area contributed by atoms with Crippen molar-refractivity contribution in [3.8, 4) is 0 Å². The van der Waals surface area contributed by atoms with E-state index in [1.807, 2.05) is 11.0 Å². The summed E-state index contributed by atoms with van der Waals surface area (Å²) in [6, 6.07) is 10.4. The Kier molecular flexibility index (Phi) is 13.0. The van der Waals surface area contributed by atoms with E-state index in [1.54, 1.807) is 11.8 Å². The summed E-state index contributed by atoms with van der Waals surface area (Å²) in [5.41, 5.74) is 0. The fraction of sp³-hybridized carbons (Fsp3) is 0.667. The number of nitrogens with one attached hydrogen (secondary N) is 1. The van der Waals surface area contributed by atoms with Crippen LogP contribution in [-0.2, 0) is 0 Å². The van der Waals surface area contributed by atoms with Crippen LogP contribution in [0.2, 0.25) is 0 Å². The molecule has 0 aliphatic heterocycles. The molecular weight excluding hydrogens is 356 g/mol. The number of amides is 2. The molecule has 1 aromatic carbocycles. The molecule has 0 spiro atoms. The average molecular weight is 395 g/mol. The molecule has 2 amide bonds. The van der Waals surface area contributed by atoms with E-state index >= 15 is 0 Å². The highest BCUT2D eigenvalue weighted by Gasteiger charge is 2.14. The van der Waals surface area contributed by atoms with Crippen molar-refractivity contribution >= 4 is 17.8 Å². The molecule has 0 heterocycles. The molecule has 0 fully saturated rings. The number of benzene rings is 1. The number of hydrogen-bond acceptors (Lipinski definition) is 4. The van der Waals surface area contributed by atoms with Gasteiger partial charge < -0.3 is 20.0 Å². The van der Waals surface area contributed by atoms with Gasteiger partial charge in [-0.05, 0) is 38.3 Å². The molecule has 0 saturated carbocycles. The molecule has 5 nitrogen and oxygen atoms in total. The predicted molar refractivity (Wildman–Crippen MR) is 118 cm³/mol. The second kappa shape index (κ2) is 14.8. The molecule has 6 heteroatoms. The monoisotopic (exact) mass is 394 g/mol. The van der Waals surface area contributed by atoms with Gasteiger partial charge in [0.15, 0.2) is 0 Å². The molecule has 0 atom stereocenters. The molecule has 0 aliphatic rings. The van der Waals surface area contributed by atoms with Crippen LogP contribution in [0.3, 0.4) is 0 Å². The van der Waals surface area contributed by atoms with E-state index in [1.165, 1.54) is 4.90 Å². The lowest BCUT2D eigenvalue weighted by atomic mass is 10.4. The summed E-state index contributed by atoms with van der Waals surface area (Å²) in [4.78, 5) is 20.6. The van der Waals surface area contributed by atoms with Gasteiger partial charge in [0.2, 0.25) is 0 Å². The lowest BCUT2D eigenvalue weighted by molar-refractivity contribution is 0.186. The van der Waals surface area contributed by atoms with Crippen LogP contribution in [0.25, 0.3) is 0 Å². The average Bonchev–Trinajstić information content (AvgIpc) is 2.71. The maximum atomic E-state index is 12.7. The van der Waals surface area contributed by atoms with E-state index < -0.39 is 0 Å². The first-order valence-electron chi connectivity index (χ1n) is 10.3. The maximum absolute atomic E-state index is 12.7. The quantitative estimate of drug-likeness (QED) is 0.490. The Morgan fingerprint density at radius 2 is 1.44 bits per heavy atom. The van der Waals surface area contributed by atoms with Crippen molar-refractivity contribution in [3.63, 3.8) is 0 Å². The largest absolute Gasteiger partial charge is 0.337 e. The molecule has 27 heavy (non-hydrogen) atoms. The van der Waals surface area contributed by atoms with Crippen LogP contribution in [0.4, 0.5) is 4.79 Å². The fourth-order valence-corrected chi connectivity index (χ4v) is 3.78. The number of thioether (sulfide) groups is 1. The van der Waals surface area contributed by atoms with Crippen LogP contribution in [0.5, 0.6) is 0 Å². The minimum Gasteiger partial charge on any atom is -0.337 e.